The lowest BCUT2D eigenvalue weighted by molar-refractivity contribution is 0.352. The van der Waals surface area contributed by atoms with Crippen LogP contribution in [0.25, 0.3) is 0 Å². The summed E-state index contributed by atoms with van der Waals surface area (Å²) in [5, 5.41) is 0. The Kier molecular flexibility index (Phi) is 15.4. The molecule has 0 aliphatic rings. The summed E-state index contributed by atoms with van der Waals surface area (Å²) >= 11 is 0. The molecule has 20 heavy (non-hydrogen) atoms. The van der Waals surface area contributed by atoms with Crippen molar-refractivity contribution in [1.82, 2.24) is 0 Å². The molecule has 0 saturated carbocycles. The van der Waals surface area contributed by atoms with Gasteiger partial charge in [-0.2, -0.15) is 0 Å². The van der Waals surface area contributed by atoms with Crippen molar-refractivity contribution in [3.05, 3.63) is 0 Å². The first-order valence-electron chi connectivity index (χ1n) is 9.70. The highest BCUT2D eigenvalue weighted by Gasteiger charge is 2.09. The fourth-order valence-corrected chi connectivity index (χ4v) is 3.08. The predicted octanol–water partition coefficient (Wildman–Crippen LogP) is 7.76. The van der Waals surface area contributed by atoms with Crippen molar-refractivity contribution >= 4 is 0 Å². The minimum absolute atomic E-state index is 0.887. The molecule has 0 aromatic rings. The van der Waals surface area contributed by atoms with E-state index in [0.29, 0.717) is 0 Å². The third-order valence-electron chi connectivity index (χ3n) is 4.58. The first kappa shape index (κ1) is 20.0. The van der Waals surface area contributed by atoms with Crippen molar-refractivity contribution in [3.8, 4) is 0 Å². The Labute approximate surface area is 130 Å². The van der Waals surface area contributed by atoms with Gasteiger partial charge in [0, 0.05) is 0 Å². The molecular formula is C20H42. The molecule has 0 atom stereocenters. The first-order valence-corrected chi connectivity index (χ1v) is 9.70. The van der Waals surface area contributed by atoms with E-state index in [4.69, 9.17) is 0 Å². The molecule has 0 saturated heterocycles. The average molecular weight is 283 g/mol. The van der Waals surface area contributed by atoms with Gasteiger partial charge in [0.2, 0.25) is 0 Å². The van der Waals surface area contributed by atoms with Crippen molar-refractivity contribution in [2.75, 3.05) is 0 Å². The summed E-state index contributed by atoms with van der Waals surface area (Å²) in [5.74, 6) is 1.92. The SMILES string of the molecule is CCCCCCCC(CCCCCCC)CCC(C)C. The molecule has 0 amide bonds. The van der Waals surface area contributed by atoms with Crippen molar-refractivity contribution in [1.29, 1.82) is 0 Å². The highest BCUT2D eigenvalue weighted by Crippen LogP contribution is 2.24. The van der Waals surface area contributed by atoms with E-state index in [1.165, 1.54) is 89.9 Å². The lowest BCUT2D eigenvalue weighted by Crippen LogP contribution is -2.03. The Morgan fingerprint density at radius 2 is 0.950 bits per heavy atom. The van der Waals surface area contributed by atoms with Crippen molar-refractivity contribution in [2.24, 2.45) is 11.8 Å². The van der Waals surface area contributed by atoms with Crippen LogP contribution in [-0.2, 0) is 0 Å². The zero-order chi connectivity index (χ0) is 15.1. The van der Waals surface area contributed by atoms with Gasteiger partial charge in [0.05, 0.1) is 0 Å². The van der Waals surface area contributed by atoms with Crippen LogP contribution in [0.15, 0.2) is 0 Å². The summed E-state index contributed by atoms with van der Waals surface area (Å²) in [4.78, 5) is 0. The summed E-state index contributed by atoms with van der Waals surface area (Å²) in [5.41, 5.74) is 0. The van der Waals surface area contributed by atoms with Crippen LogP contribution in [-0.4, -0.2) is 0 Å². The molecule has 0 heterocycles. The fourth-order valence-electron chi connectivity index (χ4n) is 3.08. The lowest BCUT2D eigenvalue weighted by atomic mass is 9.88. The maximum atomic E-state index is 2.37. The van der Waals surface area contributed by atoms with Gasteiger partial charge in [0.1, 0.15) is 0 Å². The quantitative estimate of drug-likeness (QED) is 0.269. The van der Waals surface area contributed by atoms with Crippen LogP contribution in [0.5, 0.6) is 0 Å². The van der Waals surface area contributed by atoms with Crippen molar-refractivity contribution in [2.45, 2.75) is 118 Å². The second-order valence-electron chi connectivity index (χ2n) is 7.24. The van der Waals surface area contributed by atoms with Crippen LogP contribution < -0.4 is 0 Å². The molecule has 0 aromatic carbocycles. The summed E-state index contributed by atoms with van der Waals surface area (Å²) in [7, 11) is 0. The van der Waals surface area contributed by atoms with Crippen LogP contribution in [0.1, 0.15) is 118 Å². The molecule has 0 rings (SSSR count). The second kappa shape index (κ2) is 15.4. The molecule has 0 unspecified atom stereocenters. The first-order chi connectivity index (χ1) is 9.70. The molecule has 0 aliphatic heterocycles. The molecule has 0 aromatic heterocycles. The third-order valence-corrected chi connectivity index (χ3v) is 4.58. The van der Waals surface area contributed by atoms with E-state index in [0.717, 1.165) is 11.8 Å². The zero-order valence-electron chi connectivity index (χ0n) is 15.1. The highest BCUT2D eigenvalue weighted by atomic mass is 14.2. The third kappa shape index (κ3) is 14.4. The fraction of sp³-hybridized carbons (Fsp3) is 1.00. The van der Waals surface area contributed by atoms with Gasteiger partial charge < -0.3 is 0 Å². The van der Waals surface area contributed by atoms with Gasteiger partial charge in [-0.05, 0) is 11.8 Å². The van der Waals surface area contributed by atoms with Crippen LogP contribution in [0, 0.1) is 11.8 Å². The molecule has 0 radical (unpaired) electrons. The van der Waals surface area contributed by atoms with Gasteiger partial charge >= 0.3 is 0 Å². The Morgan fingerprint density at radius 3 is 1.35 bits per heavy atom. The van der Waals surface area contributed by atoms with E-state index in [2.05, 4.69) is 27.7 Å². The van der Waals surface area contributed by atoms with Gasteiger partial charge in [-0.25, -0.2) is 0 Å². The van der Waals surface area contributed by atoms with E-state index in [-0.39, 0.29) is 0 Å². The number of rotatable bonds is 15. The molecule has 122 valence electrons. The van der Waals surface area contributed by atoms with Gasteiger partial charge in [-0.3, -0.25) is 0 Å². The maximum absolute atomic E-state index is 2.37. The minimum atomic E-state index is 0.887. The number of hydrogen-bond donors (Lipinski definition) is 0. The van der Waals surface area contributed by atoms with Gasteiger partial charge in [-0.1, -0.05) is 118 Å². The highest BCUT2D eigenvalue weighted by molar-refractivity contribution is 4.62. The van der Waals surface area contributed by atoms with Gasteiger partial charge in [0.25, 0.3) is 0 Å². The normalized spacial score (nSPS) is 11.7. The van der Waals surface area contributed by atoms with Crippen LogP contribution >= 0.6 is 0 Å². The monoisotopic (exact) mass is 282 g/mol. The Bertz CT molecular complexity index is 157. The molecule has 0 bridgehead atoms. The van der Waals surface area contributed by atoms with Crippen molar-refractivity contribution < 1.29 is 0 Å². The molecule has 0 N–H and O–H groups in total. The average Bonchev–Trinajstić information content (AvgIpc) is 2.43. The van der Waals surface area contributed by atoms with Crippen LogP contribution in [0.3, 0.4) is 0 Å². The summed E-state index contributed by atoms with van der Waals surface area (Å²) < 4.78 is 0. The van der Waals surface area contributed by atoms with E-state index >= 15 is 0 Å². The van der Waals surface area contributed by atoms with Crippen LogP contribution in [0.4, 0.5) is 0 Å². The van der Waals surface area contributed by atoms with Gasteiger partial charge in [-0.15, -0.1) is 0 Å². The maximum Gasteiger partial charge on any atom is -0.0414 e. The minimum Gasteiger partial charge on any atom is -0.0654 e. The number of unbranched alkanes of at least 4 members (excludes halogenated alkanes) is 8. The number of hydrogen-bond acceptors (Lipinski definition) is 0. The van der Waals surface area contributed by atoms with E-state index in [9.17, 15) is 0 Å². The van der Waals surface area contributed by atoms with E-state index in [1.54, 1.807) is 0 Å². The molecule has 0 nitrogen and oxygen atoms in total. The standard InChI is InChI=1S/C20H42/c1-5-7-9-11-13-15-20(18-17-19(3)4)16-14-12-10-8-6-2/h19-20H,5-18H2,1-4H3. The largest absolute Gasteiger partial charge is 0.0654 e. The molecule has 0 heteroatoms. The van der Waals surface area contributed by atoms with Gasteiger partial charge in [0.15, 0.2) is 0 Å². The Morgan fingerprint density at radius 1 is 0.500 bits per heavy atom. The summed E-state index contributed by atoms with van der Waals surface area (Å²) in [6.07, 6.45) is 20.4. The summed E-state index contributed by atoms with van der Waals surface area (Å²) in [6.45, 7) is 9.36. The van der Waals surface area contributed by atoms with Crippen molar-refractivity contribution in [3.63, 3.8) is 0 Å². The van der Waals surface area contributed by atoms with E-state index in [1.807, 2.05) is 0 Å². The Hall–Kier alpha value is 0. The zero-order valence-corrected chi connectivity index (χ0v) is 15.1. The molecule has 0 fully saturated rings. The summed E-state index contributed by atoms with van der Waals surface area (Å²) in [6, 6.07) is 0. The topological polar surface area (TPSA) is 0 Å². The smallest absolute Gasteiger partial charge is 0.0414 e. The lowest BCUT2D eigenvalue weighted by Gasteiger charge is -2.18. The van der Waals surface area contributed by atoms with E-state index < -0.39 is 0 Å². The second-order valence-corrected chi connectivity index (χ2v) is 7.24. The van der Waals surface area contributed by atoms with Crippen LogP contribution in [0.2, 0.25) is 0 Å². The molecular weight excluding hydrogens is 240 g/mol. The predicted molar refractivity (Wildman–Crippen MR) is 94.3 cm³/mol. The molecule has 0 aliphatic carbocycles. The Balaban J connectivity index is 3.70. The molecule has 0 spiro atoms.